The van der Waals surface area contributed by atoms with Crippen molar-refractivity contribution in [3.05, 3.63) is 36.4 Å². The van der Waals surface area contributed by atoms with Crippen LogP contribution in [0.4, 0.5) is 0 Å². The second-order valence-corrected chi connectivity index (χ2v) is 8.37. The molecule has 0 amide bonds. The van der Waals surface area contributed by atoms with E-state index in [9.17, 15) is 0 Å². The molecular weight excluding hydrogens is 280 g/mol. The zero-order chi connectivity index (χ0) is 15.4. The molecule has 0 aromatic heterocycles. The van der Waals surface area contributed by atoms with Crippen LogP contribution < -0.4 is 0 Å². The van der Waals surface area contributed by atoms with E-state index in [0.29, 0.717) is 0 Å². The second kappa shape index (κ2) is 11.0. The molecule has 3 nitrogen and oxygen atoms in total. The number of ether oxygens (including phenoxy) is 1. The van der Waals surface area contributed by atoms with Gasteiger partial charge in [-0.2, -0.15) is 0 Å². The van der Waals surface area contributed by atoms with E-state index in [0.717, 1.165) is 32.3 Å². The summed E-state index contributed by atoms with van der Waals surface area (Å²) in [4.78, 5) is 0. The molecule has 1 atom stereocenters. The topological polar surface area (TPSA) is 27.7 Å². The predicted octanol–water partition coefficient (Wildman–Crippen LogP) is 4.32. The number of hydrogen-bond donors (Lipinski definition) is 0. The van der Waals surface area contributed by atoms with Crippen LogP contribution in [0.2, 0.25) is 6.04 Å². The molecule has 1 aliphatic heterocycles. The summed E-state index contributed by atoms with van der Waals surface area (Å²) in [5, 5.41) is 0. The van der Waals surface area contributed by atoms with Crippen molar-refractivity contribution in [2.45, 2.75) is 51.8 Å². The summed E-state index contributed by atoms with van der Waals surface area (Å²) in [6.45, 7) is 8.40. The lowest BCUT2D eigenvalue weighted by Crippen LogP contribution is -2.56. The lowest BCUT2D eigenvalue weighted by Gasteiger charge is -2.39. The Hall–Kier alpha value is -0.683. The average molecular weight is 311 g/mol. The Kier molecular flexibility index (Phi) is 9.59. The molecule has 0 bridgehead atoms. The maximum atomic E-state index is 5.97. The summed E-state index contributed by atoms with van der Waals surface area (Å²) in [7, 11) is -2.06. The van der Waals surface area contributed by atoms with E-state index < -0.39 is 8.56 Å². The molecule has 0 radical (unpaired) electrons. The van der Waals surface area contributed by atoms with E-state index in [1.54, 1.807) is 0 Å². The third-order valence-electron chi connectivity index (χ3n) is 3.54. The zero-order valence-electron chi connectivity index (χ0n) is 13.7. The summed E-state index contributed by atoms with van der Waals surface area (Å²) in [5.41, 5.74) is 0.246. The van der Waals surface area contributed by atoms with Crippen LogP contribution in [-0.2, 0) is 13.6 Å². The van der Waals surface area contributed by atoms with Gasteiger partial charge in [0.05, 0.1) is 0 Å². The molecule has 1 unspecified atom stereocenters. The van der Waals surface area contributed by atoms with Gasteiger partial charge in [-0.1, -0.05) is 49.2 Å². The Morgan fingerprint density at radius 2 is 1.33 bits per heavy atom. The predicted molar refractivity (Wildman–Crippen MR) is 89.5 cm³/mol. The standard InChI is InChI=1S/C11H24O3Si.C6H6/c1-4-12-11-9-7-8-10-15(11,13-5-2)14-6-3;1-2-4-6-5-3-1/h11H,4-10H2,1-3H3;1-6H. The SMILES string of the molecule is CCOC1CCCC[Si]1(OCC)OCC.c1ccccc1. The molecule has 1 fully saturated rings. The van der Waals surface area contributed by atoms with E-state index in [1.165, 1.54) is 12.8 Å². The molecule has 2 rings (SSSR count). The van der Waals surface area contributed by atoms with Crippen molar-refractivity contribution in [3.8, 4) is 0 Å². The highest BCUT2D eigenvalue weighted by Crippen LogP contribution is 2.32. The molecular formula is C17H30O3Si. The molecule has 1 aromatic rings. The van der Waals surface area contributed by atoms with Crippen LogP contribution in [0.5, 0.6) is 0 Å². The van der Waals surface area contributed by atoms with Crippen LogP contribution >= 0.6 is 0 Å². The molecule has 0 spiro atoms. The number of hydrogen-bond acceptors (Lipinski definition) is 3. The molecule has 0 N–H and O–H groups in total. The molecule has 1 saturated heterocycles. The van der Waals surface area contributed by atoms with Crippen LogP contribution in [0.3, 0.4) is 0 Å². The normalized spacial score (nSPS) is 20.4. The lowest BCUT2D eigenvalue weighted by molar-refractivity contribution is 0.0396. The van der Waals surface area contributed by atoms with Gasteiger partial charge >= 0.3 is 8.56 Å². The average Bonchev–Trinajstić information content (AvgIpc) is 2.53. The third kappa shape index (κ3) is 6.30. The van der Waals surface area contributed by atoms with Gasteiger partial charge in [0.25, 0.3) is 0 Å². The van der Waals surface area contributed by atoms with Gasteiger partial charge < -0.3 is 13.6 Å². The highest BCUT2D eigenvalue weighted by Gasteiger charge is 2.48. The molecule has 1 aromatic carbocycles. The Morgan fingerprint density at radius 3 is 1.76 bits per heavy atom. The number of rotatable bonds is 6. The van der Waals surface area contributed by atoms with Gasteiger partial charge in [-0.15, -0.1) is 0 Å². The van der Waals surface area contributed by atoms with E-state index >= 15 is 0 Å². The molecule has 120 valence electrons. The van der Waals surface area contributed by atoms with Crippen molar-refractivity contribution in [2.75, 3.05) is 19.8 Å². The zero-order valence-corrected chi connectivity index (χ0v) is 14.7. The quantitative estimate of drug-likeness (QED) is 0.733. The summed E-state index contributed by atoms with van der Waals surface area (Å²) in [5.74, 6) is 0. The van der Waals surface area contributed by atoms with Crippen molar-refractivity contribution >= 4 is 8.56 Å². The van der Waals surface area contributed by atoms with E-state index in [1.807, 2.05) is 57.2 Å². The van der Waals surface area contributed by atoms with Crippen LogP contribution in [-0.4, -0.2) is 34.1 Å². The monoisotopic (exact) mass is 310 g/mol. The summed E-state index contributed by atoms with van der Waals surface area (Å²) < 4.78 is 17.8. The van der Waals surface area contributed by atoms with Gasteiger partial charge in [-0.25, -0.2) is 0 Å². The molecule has 1 aliphatic rings. The second-order valence-electron chi connectivity index (χ2n) is 5.02. The fourth-order valence-corrected chi connectivity index (χ4v) is 6.59. The molecule has 0 saturated carbocycles. The number of benzene rings is 1. The first-order valence-electron chi connectivity index (χ1n) is 8.18. The fraction of sp³-hybridized carbons (Fsp3) is 0.647. The van der Waals surface area contributed by atoms with Crippen LogP contribution in [0.1, 0.15) is 40.0 Å². The van der Waals surface area contributed by atoms with Crippen molar-refractivity contribution in [1.29, 1.82) is 0 Å². The minimum Gasteiger partial charge on any atom is -0.393 e. The first-order valence-corrected chi connectivity index (χ1v) is 10.3. The first kappa shape index (κ1) is 18.4. The largest absolute Gasteiger partial charge is 0.393 e. The Morgan fingerprint density at radius 1 is 0.810 bits per heavy atom. The van der Waals surface area contributed by atoms with Crippen LogP contribution in [0.25, 0.3) is 0 Å². The van der Waals surface area contributed by atoms with Crippen LogP contribution in [0.15, 0.2) is 36.4 Å². The highest BCUT2D eigenvalue weighted by molar-refractivity contribution is 6.69. The van der Waals surface area contributed by atoms with Gasteiger partial charge in [0.15, 0.2) is 0 Å². The molecule has 1 heterocycles. The lowest BCUT2D eigenvalue weighted by atomic mass is 10.2. The molecule has 4 heteroatoms. The summed E-state index contributed by atoms with van der Waals surface area (Å²) in [6.07, 6.45) is 3.59. The Balaban J connectivity index is 0.000000304. The fourth-order valence-electron chi connectivity index (χ4n) is 2.74. The smallest absolute Gasteiger partial charge is 0.368 e. The summed E-state index contributed by atoms with van der Waals surface area (Å²) in [6, 6.07) is 13.1. The van der Waals surface area contributed by atoms with Crippen molar-refractivity contribution < 1.29 is 13.6 Å². The molecule has 0 aliphatic carbocycles. The third-order valence-corrected chi connectivity index (χ3v) is 7.59. The Labute approximate surface area is 130 Å². The molecule has 21 heavy (non-hydrogen) atoms. The van der Waals surface area contributed by atoms with Gasteiger partial charge in [-0.05, 0) is 33.2 Å². The van der Waals surface area contributed by atoms with Gasteiger partial charge in [-0.3, -0.25) is 0 Å². The highest BCUT2D eigenvalue weighted by atomic mass is 28.4. The van der Waals surface area contributed by atoms with Crippen LogP contribution in [0, 0.1) is 0 Å². The minimum absolute atomic E-state index is 0.246. The maximum absolute atomic E-state index is 5.97. The van der Waals surface area contributed by atoms with Gasteiger partial charge in [0.2, 0.25) is 0 Å². The van der Waals surface area contributed by atoms with E-state index in [-0.39, 0.29) is 5.73 Å². The van der Waals surface area contributed by atoms with Crippen molar-refractivity contribution in [1.82, 2.24) is 0 Å². The van der Waals surface area contributed by atoms with Gasteiger partial charge in [0, 0.05) is 19.8 Å². The van der Waals surface area contributed by atoms with E-state index in [4.69, 9.17) is 13.6 Å². The van der Waals surface area contributed by atoms with Crippen molar-refractivity contribution in [2.24, 2.45) is 0 Å². The van der Waals surface area contributed by atoms with E-state index in [2.05, 4.69) is 0 Å². The van der Waals surface area contributed by atoms with Gasteiger partial charge in [0.1, 0.15) is 5.73 Å². The Bertz CT molecular complexity index is 305. The minimum atomic E-state index is -2.06. The summed E-state index contributed by atoms with van der Waals surface area (Å²) >= 11 is 0. The first-order chi connectivity index (χ1) is 10.3. The maximum Gasteiger partial charge on any atom is 0.368 e. The van der Waals surface area contributed by atoms with Crippen molar-refractivity contribution in [3.63, 3.8) is 0 Å².